The summed E-state index contributed by atoms with van der Waals surface area (Å²) in [4.78, 5) is 62.7. The molecule has 0 aliphatic carbocycles. The van der Waals surface area contributed by atoms with Crippen molar-refractivity contribution in [3.63, 3.8) is 0 Å². The Hall–Kier alpha value is -2.34. The van der Waals surface area contributed by atoms with Gasteiger partial charge < -0.3 is 32.1 Å². The highest BCUT2D eigenvalue weighted by atomic mass is 32.2. The van der Waals surface area contributed by atoms with Gasteiger partial charge in [0.1, 0.15) is 18.1 Å². The van der Waals surface area contributed by atoms with Crippen LogP contribution in [0.4, 0.5) is 0 Å². The fourth-order valence-corrected chi connectivity index (χ4v) is 4.06. The number of carbonyl (C=O) groups is 5. The summed E-state index contributed by atoms with van der Waals surface area (Å²) in [5.41, 5.74) is 11.2. The van der Waals surface area contributed by atoms with Crippen LogP contribution in [0.2, 0.25) is 0 Å². The first kappa shape index (κ1) is 28.7. The van der Waals surface area contributed by atoms with E-state index in [1.165, 1.54) is 16.7 Å². The van der Waals surface area contributed by atoms with Crippen molar-refractivity contribution >= 4 is 41.4 Å². The quantitative estimate of drug-likeness (QED) is 0.215. The highest BCUT2D eigenvalue weighted by Crippen LogP contribution is 2.20. The summed E-state index contributed by atoms with van der Waals surface area (Å²) in [7, 11) is 0. The second kappa shape index (κ2) is 14.0. The predicted molar refractivity (Wildman–Crippen MR) is 125 cm³/mol. The van der Waals surface area contributed by atoms with Gasteiger partial charge in [-0.25, -0.2) is 4.79 Å². The van der Waals surface area contributed by atoms with Crippen LogP contribution in [-0.4, -0.2) is 82.3 Å². The SMILES string of the molecule is CCC(C)C(N)C(=O)NC(CCSC)C(=O)NC(CCC(N)=O)C(=O)N1CCCC1C(=O)O. The highest BCUT2D eigenvalue weighted by molar-refractivity contribution is 7.98. The van der Waals surface area contributed by atoms with Crippen LogP contribution >= 0.6 is 11.8 Å². The minimum atomic E-state index is -1.14. The van der Waals surface area contributed by atoms with Gasteiger partial charge in [0.05, 0.1) is 6.04 Å². The number of hydrogen-bond donors (Lipinski definition) is 5. The van der Waals surface area contributed by atoms with Crippen molar-refractivity contribution in [3.05, 3.63) is 0 Å². The van der Waals surface area contributed by atoms with E-state index in [1.54, 1.807) is 0 Å². The Bertz CT molecular complexity index is 721. The maximum absolute atomic E-state index is 13.1. The topological polar surface area (TPSA) is 185 Å². The molecule has 1 aliphatic heterocycles. The van der Waals surface area contributed by atoms with Crippen molar-refractivity contribution in [1.29, 1.82) is 0 Å². The lowest BCUT2D eigenvalue weighted by Gasteiger charge is -2.29. The molecular formula is C21H37N5O6S. The summed E-state index contributed by atoms with van der Waals surface area (Å²) >= 11 is 1.49. The molecule has 7 N–H and O–H groups in total. The predicted octanol–water partition coefficient (Wildman–Crippen LogP) is -0.576. The number of amides is 4. The van der Waals surface area contributed by atoms with Gasteiger partial charge in [-0.3, -0.25) is 19.2 Å². The number of nitrogens with two attached hydrogens (primary N) is 2. The summed E-state index contributed by atoms with van der Waals surface area (Å²) in [5, 5.41) is 14.7. The van der Waals surface area contributed by atoms with Gasteiger partial charge in [-0.2, -0.15) is 11.8 Å². The summed E-state index contributed by atoms with van der Waals surface area (Å²) in [6, 6.07) is -3.83. The van der Waals surface area contributed by atoms with E-state index in [9.17, 15) is 29.1 Å². The molecular weight excluding hydrogens is 450 g/mol. The minimum Gasteiger partial charge on any atom is -0.480 e. The van der Waals surface area contributed by atoms with Crippen LogP contribution in [0, 0.1) is 5.92 Å². The number of rotatable bonds is 14. The van der Waals surface area contributed by atoms with E-state index in [2.05, 4.69) is 10.6 Å². The molecule has 33 heavy (non-hydrogen) atoms. The van der Waals surface area contributed by atoms with Crippen LogP contribution in [-0.2, 0) is 24.0 Å². The Balaban J connectivity index is 3.01. The molecule has 1 rings (SSSR count). The van der Waals surface area contributed by atoms with Gasteiger partial charge in [0, 0.05) is 13.0 Å². The van der Waals surface area contributed by atoms with E-state index in [1.807, 2.05) is 20.1 Å². The van der Waals surface area contributed by atoms with E-state index in [0.717, 1.165) is 0 Å². The number of thioether (sulfide) groups is 1. The minimum absolute atomic E-state index is 0.0711. The molecule has 1 aliphatic rings. The number of carboxylic acid groups (broad SMARTS) is 1. The largest absolute Gasteiger partial charge is 0.480 e. The molecule has 11 nitrogen and oxygen atoms in total. The van der Waals surface area contributed by atoms with Crippen LogP contribution in [0.3, 0.4) is 0 Å². The number of nitrogens with zero attached hydrogens (tertiary/aromatic N) is 1. The number of hydrogen-bond acceptors (Lipinski definition) is 7. The molecule has 1 heterocycles. The molecule has 1 fully saturated rings. The van der Waals surface area contributed by atoms with Crippen LogP contribution in [0.15, 0.2) is 0 Å². The van der Waals surface area contributed by atoms with E-state index < -0.39 is 53.8 Å². The third kappa shape index (κ3) is 8.84. The molecule has 0 aromatic heterocycles. The standard InChI is InChI=1S/C21H37N5O6S/c1-4-12(2)17(23)19(29)24-13(9-11-33-3)18(28)25-14(7-8-16(22)27)20(30)26-10-5-6-15(26)21(31)32/h12-15,17H,4-11,23H2,1-3H3,(H2,22,27)(H,24,29)(H,25,28)(H,31,32). The Morgan fingerprint density at radius 2 is 1.76 bits per heavy atom. The van der Waals surface area contributed by atoms with Crippen molar-refractivity contribution in [2.45, 2.75) is 76.5 Å². The summed E-state index contributed by atoms with van der Waals surface area (Å²) < 4.78 is 0. The van der Waals surface area contributed by atoms with Gasteiger partial charge in [-0.1, -0.05) is 20.3 Å². The lowest BCUT2D eigenvalue weighted by atomic mass is 9.99. The number of aliphatic carboxylic acids is 1. The van der Waals surface area contributed by atoms with Crippen molar-refractivity contribution in [3.8, 4) is 0 Å². The third-order valence-electron chi connectivity index (χ3n) is 5.92. The molecule has 5 unspecified atom stereocenters. The molecule has 0 saturated carbocycles. The maximum Gasteiger partial charge on any atom is 0.326 e. The van der Waals surface area contributed by atoms with Crippen LogP contribution in [0.1, 0.15) is 52.4 Å². The zero-order chi connectivity index (χ0) is 25.1. The van der Waals surface area contributed by atoms with Gasteiger partial charge in [-0.15, -0.1) is 0 Å². The fraction of sp³-hybridized carbons (Fsp3) is 0.762. The molecule has 5 atom stereocenters. The van der Waals surface area contributed by atoms with Crippen molar-refractivity contribution in [2.24, 2.45) is 17.4 Å². The highest BCUT2D eigenvalue weighted by Gasteiger charge is 2.38. The summed E-state index contributed by atoms with van der Waals surface area (Å²) in [6.45, 7) is 4.00. The molecule has 188 valence electrons. The van der Waals surface area contributed by atoms with Crippen molar-refractivity contribution in [2.75, 3.05) is 18.6 Å². The first-order valence-corrected chi connectivity index (χ1v) is 12.6. The normalized spacial score (nSPS) is 19.3. The average molecular weight is 488 g/mol. The van der Waals surface area contributed by atoms with E-state index in [0.29, 0.717) is 31.4 Å². The number of primary amides is 1. The van der Waals surface area contributed by atoms with Gasteiger partial charge in [-0.05, 0) is 43.6 Å². The zero-order valence-corrected chi connectivity index (χ0v) is 20.4. The second-order valence-corrected chi connectivity index (χ2v) is 9.33. The van der Waals surface area contributed by atoms with Crippen molar-refractivity contribution in [1.82, 2.24) is 15.5 Å². The van der Waals surface area contributed by atoms with E-state index >= 15 is 0 Å². The lowest BCUT2D eigenvalue weighted by molar-refractivity contribution is -0.149. The molecule has 0 radical (unpaired) electrons. The number of carboxylic acids is 1. The molecule has 1 saturated heterocycles. The summed E-state index contributed by atoms with van der Waals surface area (Å²) in [6.07, 6.45) is 3.48. The van der Waals surface area contributed by atoms with E-state index in [-0.39, 0.29) is 25.3 Å². The van der Waals surface area contributed by atoms with Gasteiger partial charge in [0.25, 0.3) is 0 Å². The molecule has 0 aromatic carbocycles. The molecule has 0 bridgehead atoms. The Morgan fingerprint density at radius 1 is 1.12 bits per heavy atom. The molecule has 4 amide bonds. The van der Waals surface area contributed by atoms with Gasteiger partial charge in [0.2, 0.25) is 23.6 Å². The van der Waals surface area contributed by atoms with Crippen LogP contribution in [0.5, 0.6) is 0 Å². The Labute approximate surface area is 198 Å². The maximum atomic E-state index is 13.1. The average Bonchev–Trinajstić information content (AvgIpc) is 3.27. The third-order valence-corrected chi connectivity index (χ3v) is 6.56. The molecule has 0 spiro atoms. The monoisotopic (exact) mass is 487 g/mol. The molecule has 12 heteroatoms. The number of carbonyl (C=O) groups excluding carboxylic acids is 4. The summed E-state index contributed by atoms with van der Waals surface area (Å²) in [5.74, 6) is -2.92. The number of nitrogens with one attached hydrogen (secondary N) is 2. The van der Waals surface area contributed by atoms with Crippen LogP contribution < -0.4 is 22.1 Å². The fourth-order valence-electron chi connectivity index (χ4n) is 3.59. The smallest absolute Gasteiger partial charge is 0.326 e. The van der Waals surface area contributed by atoms with Gasteiger partial charge >= 0.3 is 5.97 Å². The van der Waals surface area contributed by atoms with E-state index in [4.69, 9.17) is 11.5 Å². The number of likely N-dealkylation sites (tertiary alicyclic amines) is 1. The molecule has 0 aromatic rings. The Kier molecular flexibility index (Phi) is 12.2. The van der Waals surface area contributed by atoms with Gasteiger partial charge in [0.15, 0.2) is 0 Å². The first-order valence-electron chi connectivity index (χ1n) is 11.2. The first-order chi connectivity index (χ1) is 15.5. The van der Waals surface area contributed by atoms with Crippen molar-refractivity contribution < 1.29 is 29.1 Å². The lowest BCUT2D eigenvalue weighted by Crippen LogP contribution is -2.57. The zero-order valence-electron chi connectivity index (χ0n) is 19.5. The second-order valence-electron chi connectivity index (χ2n) is 8.35. The Morgan fingerprint density at radius 3 is 2.30 bits per heavy atom. The van der Waals surface area contributed by atoms with Crippen LogP contribution in [0.25, 0.3) is 0 Å².